The van der Waals surface area contributed by atoms with E-state index < -0.39 is 10.0 Å². The van der Waals surface area contributed by atoms with Gasteiger partial charge < -0.3 is 11.1 Å². The van der Waals surface area contributed by atoms with Crippen LogP contribution in [0.25, 0.3) is 0 Å². The van der Waals surface area contributed by atoms with E-state index >= 15 is 0 Å². The third kappa shape index (κ3) is 5.17. The van der Waals surface area contributed by atoms with Gasteiger partial charge in [-0.25, -0.2) is 8.42 Å². The van der Waals surface area contributed by atoms with Crippen LogP contribution in [0.1, 0.15) is 38.2 Å². The van der Waals surface area contributed by atoms with Gasteiger partial charge in [-0.15, -0.1) is 12.4 Å². The molecule has 2 rings (SSSR count). The number of hydrogen-bond donors (Lipinski definition) is 2. The minimum atomic E-state index is -3.52. The average molecular weight is 376 g/mol. The second kappa shape index (κ2) is 8.80. The molecule has 1 unspecified atom stereocenters. The van der Waals surface area contributed by atoms with Crippen molar-refractivity contribution in [1.82, 2.24) is 4.31 Å². The number of nitrogens with zero attached hydrogens (tertiary/aromatic N) is 1. The maximum Gasteiger partial charge on any atom is 0.243 e. The molecule has 1 amide bonds. The highest BCUT2D eigenvalue weighted by Crippen LogP contribution is 2.26. The molecule has 6 nitrogen and oxygen atoms in total. The van der Waals surface area contributed by atoms with Crippen LogP contribution in [-0.4, -0.2) is 37.8 Å². The molecule has 1 saturated heterocycles. The van der Waals surface area contributed by atoms with Crippen LogP contribution in [0.5, 0.6) is 0 Å². The van der Waals surface area contributed by atoms with E-state index in [0.717, 1.165) is 19.3 Å². The molecule has 0 aromatic heterocycles. The highest BCUT2D eigenvalue weighted by atomic mass is 35.5. The molecule has 0 bridgehead atoms. The van der Waals surface area contributed by atoms with E-state index in [1.807, 2.05) is 0 Å². The zero-order valence-corrected chi connectivity index (χ0v) is 15.8. The Hall–Kier alpha value is -1.15. The molecule has 1 atom stereocenters. The molecule has 136 valence electrons. The lowest BCUT2D eigenvalue weighted by Gasteiger charge is -2.26. The predicted molar refractivity (Wildman–Crippen MR) is 97.9 cm³/mol. The van der Waals surface area contributed by atoms with Gasteiger partial charge in [0.25, 0.3) is 0 Å². The number of halogens is 1. The molecule has 24 heavy (non-hydrogen) atoms. The van der Waals surface area contributed by atoms with Gasteiger partial charge >= 0.3 is 0 Å². The summed E-state index contributed by atoms with van der Waals surface area (Å²) in [6.45, 7) is 4.64. The highest BCUT2D eigenvalue weighted by Gasteiger charge is 2.27. The number of hydrogen-bond acceptors (Lipinski definition) is 4. The Balaban J connectivity index is 0.00000288. The molecular formula is C16H26ClN3O3S. The fourth-order valence-electron chi connectivity index (χ4n) is 2.70. The zero-order chi connectivity index (χ0) is 17.0. The number of nitrogens with two attached hydrogens (primary N) is 1. The fourth-order valence-corrected chi connectivity index (χ4v) is 4.47. The predicted octanol–water partition coefficient (Wildman–Crippen LogP) is 2.27. The third-order valence-corrected chi connectivity index (χ3v) is 5.95. The number of rotatable bonds is 5. The maximum absolute atomic E-state index is 12.8. The first-order chi connectivity index (χ1) is 10.8. The van der Waals surface area contributed by atoms with Gasteiger partial charge in [0.15, 0.2) is 0 Å². The fraction of sp³-hybridized carbons (Fsp3) is 0.562. The first-order valence-electron chi connectivity index (χ1n) is 7.97. The lowest BCUT2D eigenvalue weighted by atomic mass is 10.2. The first-order valence-corrected chi connectivity index (χ1v) is 9.41. The summed E-state index contributed by atoms with van der Waals surface area (Å²) < 4.78 is 27.2. The molecule has 1 aliphatic rings. The van der Waals surface area contributed by atoms with Crippen LogP contribution in [-0.2, 0) is 14.8 Å². The Labute approximate surface area is 150 Å². The van der Waals surface area contributed by atoms with Gasteiger partial charge in [0.1, 0.15) is 0 Å². The lowest BCUT2D eigenvalue weighted by Crippen LogP contribution is -2.36. The van der Waals surface area contributed by atoms with Gasteiger partial charge in [0.05, 0.1) is 4.90 Å². The Morgan fingerprint density at radius 2 is 1.92 bits per heavy atom. The van der Waals surface area contributed by atoms with Crippen molar-refractivity contribution in [3.8, 4) is 0 Å². The smallest absolute Gasteiger partial charge is 0.243 e. The topological polar surface area (TPSA) is 92.5 Å². The molecule has 1 fully saturated rings. The summed E-state index contributed by atoms with van der Waals surface area (Å²) in [7, 11) is -3.52. The molecule has 1 aromatic rings. The number of sulfonamides is 1. The van der Waals surface area contributed by atoms with Crippen molar-refractivity contribution in [1.29, 1.82) is 0 Å². The zero-order valence-electron chi connectivity index (χ0n) is 14.1. The summed E-state index contributed by atoms with van der Waals surface area (Å²) in [6.07, 6.45) is 3.05. The van der Waals surface area contributed by atoms with E-state index in [1.165, 1.54) is 4.31 Å². The van der Waals surface area contributed by atoms with Gasteiger partial charge in [-0.1, -0.05) is 12.5 Å². The standard InChI is InChI=1S/C16H25N3O3S.ClH/c1-12-6-7-14(18-16(20)10-13(2)17)11-15(12)23(21,22)19-8-4-3-5-9-19;/h6-7,11,13H,3-5,8-10,17H2,1-2H3,(H,18,20);1H. The molecule has 1 heterocycles. The molecule has 0 radical (unpaired) electrons. The highest BCUT2D eigenvalue weighted by molar-refractivity contribution is 7.89. The third-order valence-electron chi connectivity index (χ3n) is 3.91. The van der Waals surface area contributed by atoms with Crippen molar-refractivity contribution < 1.29 is 13.2 Å². The molecule has 3 N–H and O–H groups in total. The minimum Gasteiger partial charge on any atom is -0.327 e. The Morgan fingerprint density at radius 1 is 1.29 bits per heavy atom. The van der Waals surface area contributed by atoms with E-state index in [-0.39, 0.29) is 35.7 Å². The van der Waals surface area contributed by atoms with E-state index in [4.69, 9.17) is 5.73 Å². The number of piperidine rings is 1. The van der Waals surface area contributed by atoms with Crippen LogP contribution in [0.15, 0.2) is 23.1 Å². The summed E-state index contributed by atoms with van der Waals surface area (Å²) >= 11 is 0. The molecule has 0 spiro atoms. The van der Waals surface area contributed by atoms with E-state index in [2.05, 4.69) is 5.32 Å². The second-order valence-corrected chi connectivity index (χ2v) is 8.08. The van der Waals surface area contributed by atoms with Crippen molar-refractivity contribution in [3.63, 3.8) is 0 Å². The van der Waals surface area contributed by atoms with Gasteiger partial charge in [-0.3, -0.25) is 4.79 Å². The van der Waals surface area contributed by atoms with Crippen LogP contribution in [0.2, 0.25) is 0 Å². The normalized spacial score (nSPS) is 17.0. The largest absolute Gasteiger partial charge is 0.327 e. The summed E-state index contributed by atoms with van der Waals surface area (Å²) in [5.41, 5.74) is 6.77. The Morgan fingerprint density at radius 3 is 2.50 bits per heavy atom. The average Bonchev–Trinajstić information content (AvgIpc) is 2.49. The van der Waals surface area contributed by atoms with Crippen molar-refractivity contribution in [3.05, 3.63) is 23.8 Å². The quantitative estimate of drug-likeness (QED) is 0.825. The molecular weight excluding hydrogens is 350 g/mol. The number of anilines is 1. The monoisotopic (exact) mass is 375 g/mol. The van der Waals surface area contributed by atoms with Crippen LogP contribution < -0.4 is 11.1 Å². The summed E-state index contributed by atoms with van der Waals surface area (Å²) in [5.74, 6) is -0.217. The maximum atomic E-state index is 12.8. The lowest BCUT2D eigenvalue weighted by molar-refractivity contribution is -0.116. The summed E-state index contributed by atoms with van der Waals surface area (Å²) in [6, 6.07) is 4.73. The number of nitrogens with one attached hydrogen (secondary N) is 1. The van der Waals surface area contributed by atoms with Gasteiger partial charge in [0.2, 0.25) is 15.9 Å². The molecule has 0 aliphatic carbocycles. The number of benzene rings is 1. The second-order valence-electron chi connectivity index (χ2n) is 6.17. The van der Waals surface area contributed by atoms with Crippen LogP contribution in [0.4, 0.5) is 5.69 Å². The van der Waals surface area contributed by atoms with Crippen LogP contribution in [0.3, 0.4) is 0 Å². The van der Waals surface area contributed by atoms with Gasteiger partial charge in [-0.2, -0.15) is 4.31 Å². The molecule has 8 heteroatoms. The van der Waals surface area contributed by atoms with Crippen molar-refractivity contribution in [2.24, 2.45) is 5.73 Å². The van der Waals surface area contributed by atoms with Crippen molar-refractivity contribution in [2.45, 2.75) is 50.5 Å². The number of carbonyl (C=O) groups excluding carboxylic acids is 1. The van der Waals surface area contributed by atoms with Crippen LogP contribution in [0, 0.1) is 6.92 Å². The number of aryl methyl sites for hydroxylation is 1. The Kier molecular flexibility index (Phi) is 7.66. The van der Waals surface area contributed by atoms with Crippen molar-refractivity contribution in [2.75, 3.05) is 18.4 Å². The molecule has 1 aliphatic heterocycles. The van der Waals surface area contributed by atoms with E-state index in [0.29, 0.717) is 24.3 Å². The van der Waals surface area contributed by atoms with Crippen LogP contribution >= 0.6 is 12.4 Å². The van der Waals surface area contributed by atoms with Gasteiger partial charge in [0, 0.05) is 31.2 Å². The molecule has 0 saturated carbocycles. The SMILES string of the molecule is Cc1ccc(NC(=O)CC(C)N)cc1S(=O)(=O)N1CCCCC1.Cl. The first kappa shape index (κ1) is 20.9. The van der Waals surface area contributed by atoms with E-state index in [1.54, 1.807) is 32.0 Å². The Bertz CT molecular complexity index is 671. The summed E-state index contributed by atoms with van der Waals surface area (Å²) in [4.78, 5) is 12.1. The number of carbonyl (C=O) groups is 1. The summed E-state index contributed by atoms with van der Waals surface area (Å²) in [5, 5.41) is 2.71. The van der Waals surface area contributed by atoms with Gasteiger partial charge in [-0.05, 0) is 44.4 Å². The van der Waals surface area contributed by atoms with E-state index in [9.17, 15) is 13.2 Å². The van der Waals surface area contributed by atoms with Crippen molar-refractivity contribution >= 4 is 34.0 Å². The number of amides is 1. The molecule has 1 aromatic carbocycles. The minimum absolute atomic E-state index is 0.